The number of amides is 3. The van der Waals surface area contributed by atoms with E-state index in [1.807, 2.05) is 19.9 Å². The van der Waals surface area contributed by atoms with Crippen molar-refractivity contribution in [1.82, 2.24) is 14.7 Å². The Hall–Kier alpha value is -2.12. The molecule has 2 N–H and O–H groups in total. The molecule has 1 unspecified atom stereocenters. The van der Waals surface area contributed by atoms with Gasteiger partial charge in [0.1, 0.15) is 11.3 Å². The largest absolute Gasteiger partial charge is 0.508 e. The molecule has 2 aliphatic heterocycles. The lowest BCUT2D eigenvalue weighted by Gasteiger charge is -2.64. The fraction of sp³-hybridized carbons (Fsp3) is 0.692. The number of urea groups is 1. The maximum absolute atomic E-state index is 13.8. The van der Waals surface area contributed by atoms with Crippen LogP contribution in [-0.4, -0.2) is 80.2 Å². The Balaban J connectivity index is 1.39. The number of fused-ring (bicyclic) bond motifs is 2. The van der Waals surface area contributed by atoms with Crippen molar-refractivity contribution in [1.29, 1.82) is 0 Å². The Labute approximate surface area is 194 Å². The van der Waals surface area contributed by atoms with E-state index in [1.165, 1.54) is 23.3 Å². The van der Waals surface area contributed by atoms with Gasteiger partial charge in [0.2, 0.25) is 0 Å². The molecule has 1 aromatic rings. The van der Waals surface area contributed by atoms with Crippen molar-refractivity contribution >= 4 is 11.9 Å². The van der Waals surface area contributed by atoms with Crippen LogP contribution < -0.4 is 0 Å². The second kappa shape index (κ2) is 5.92. The molecule has 7 nitrogen and oxygen atoms in total. The number of carbonyl (C=O) groups is 2. The van der Waals surface area contributed by atoms with Crippen LogP contribution in [0.5, 0.6) is 5.75 Å². The summed E-state index contributed by atoms with van der Waals surface area (Å²) >= 11 is 0. The summed E-state index contributed by atoms with van der Waals surface area (Å²) in [6.45, 7) is 6.62. The van der Waals surface area contributed by atoms with E-state index in [0.717, 1.165) is 31.0 Å². The summed E-state index contributed by atoms with van der Waals surface area (Å²) in [7, 11) is 0. The van der Waals surface area contributed by atoms with Crippen LogP contribution in [0.25, 0.3) is 0 Å². The second-order valence-electron chi connectivity index (χ2n) is 11.6. The molecule has 4 aliphatic carbocycles. The lowest BCUT2D eigenvalue weighted by molar-refractivity contribution is -0.167. The maximum Gasteiger partial charge on any atom is 0.327 e. The molecule has 6 aliphatic rings. The van der Waals surface area contributed by atoms with Gasteiger partial charge in [0.15, 0.2) is 0 Å². The summed E-state index contributed by atoms with van der Waals surface area (Å²) in [4.78, 5) is 32.6. The standard InChI is InChI=1S/C26H33N3O4/c1-3-28-21(31)25(29(4-2)22(28)32)9-10-26(33)20-23(15-27(20)12-16-5-6-16)13-24(26,14-25)19-11-17(30)7-8-18(19)23/h7-8,11,16,20,30,33H,3-6,9-10,12-15H2,1-2H3/t20-,23?,24-,25+,26-/m1/s1. The Morgan fingerprint density at radius 1 is 1.06 bits per heavy atom. The molecule has 2 saturated heterocycles. The number of likely N-dealkylation sites (N-methyl/N-ethyl adjacent to an activating group) is 2. The minimum Gasteiger partial charge on any atom is -0.508 e. The first kappa shape index (κ1) is 20.3. The van der Waals surface area contributed by atoms with Crippen LogP contribution in [-0.2, 0) is 15.6 Å². The fourth-order valence-electron chi connectivity index (χ4n) is 9.05. The number of aliphatic hydroxyl groups is 1. The van der Waals surface area contributed by atoms with Crippen molar-refractivity contribution in [3.63, 3.8) is 0 Å². The van der Waals surface area contributed by atoms with Crippen LogP contribution in [0, 0.1) is 5.92 Å². The third kappa shape index (κ3) is 2.03. The zero-order valence-electron chi connectivity index (χ0n) is 19.5. The number of aromatic hydroxyl groups is 1. The van der Waals surface area contributed by atoms with E-state index in [0.29, 0.717) is 32.4 Å². The Bertz CT molecular complexity index is 1100. The van der Waals surface area contributed by atoms with Gasteiger partial charge < -0.3 is 15.1 Å². The topological polar surface area (TPSA) is 84.3 Å². The summed E-state index contributed by atoms with van der Waals surface area (Å²) in [5.41, 5.74) is -0.355. The van der Waals surface area contributed by atoms with Crippen molar-refractivity contribution in [2.45, 2.75) is 80.4 Å². The highest BCUT2D eigenvalue weighted by molar-refractivity contribution is 6.07. The van der Waals surface area contributed by atoms with Gasteiger partial charge >= 0.3 is 6.03 Å². The molecular weight excluding hydrogens is 418 g/mol. The molecule has 5 fully saturated rings. The van der Waals surface area contributed by atoms with Gasteiger partial charge in [-0.1, -0.05) is 6.07 Å². The average molecular weight is 452 g/mol. The molecule has 0 radical (unpaired) electrons. The van der Waals surface area contributed by atoms with Gasteiger partial charge in [0, 0.05) is 37.0 Å². The van der Waals surface area contributed by atoms with Crippen molar-refractivity contribution in [3.05, 3.63) is 29.3 Å². The minimum absolute atomic E-state index is 0.0598. The number of hydrogen-bond donors (Lipinski definition) is 2. The highest BCUT2D eigenvalue weighted by Gasteiger charge is 2.83. The van der Waals surface area contributed by atoms with E-state index in [4.69, 9.17) is 0 Å². The van der Waals surface area contributed by atoms with Crippen molar-refractivity contribution in [2.24, 2.45) is 5.92 Å². The predicted octanol–water partition coefficient (Wildman–Crippen LogP) is 2.34. The maximum atomic E-state index is 13.8. The fourth-order valence-corrected chi connectivity index (χ4v) is 9.05. The highest BCUT2D eigenvalue weighted by atomic mass is 16.3. The van der Waals surface area contributed by atoms with Crippen molar-refractivity contribution in [3.8, 4) is 5.75 Å². The molecule has 2 bridgehead atoms. The number of rotatable bonds is 4. The summed E-state index contributed by atoms with van der Waals surface area (Å²) in [6, 6.07) is 5.52. The summed E-state index contributed by atoms with van der Waals surface area (Å²) in [6.07, 6.45) is 4.80. The van der Waals surface area contributed by atoms with E-state index in [2.05, 4.69) is 11.0 Å². The molecule has 3 saturated carbocycles. The van der Waals surface area contributed by atoms with Gasteiger partial charge in [0.05, 0.1) is 11.6 Å². The molecule has 33 heavy (non-hydrogen) atoms. The first-order valence-corrected chi connectivity index (χ1v) is 12.7. The first-order valence-electron chi connectivity index (χ1n) is 12.7. The van der Waals surface area contributed by atoms with Crippen LogP contribution in [0.2, 0.25) is 0 Å². The molecule has 1 aromatic carbocycles. The molecule has 7 rings (SSSR count). The molecule has 2 heterocycles. The number of nitrogens with zero attached hydrogens (tertiary/aromatic N) is 3. The summed E-state index contributed by atoms with van der Waals surface area (Å²) in [5.74, 6) is 0.846. The zero-order chi connectivity index (χ0) is 23.0. The van der Waals surface area contributed by atoms with Crippen LogP contribution in [0.1, 0.15) is 63.5 Å². The molecule has 3 spiro atoms. The molecule has 3 amide bonds. The zero-order valence-corrected chi connectivity index (χ0v) is 19.5. The molecule has 5 atom stereocenters. The van der Waals surface area contributed by atoms with E-state index in [9.17, 15) is 19.8 Å². The molecule has 176 valence electrons. The van der Waals surface area contributed by atoms with Gasteiger partial charge in [-0.25, -0.2) is 4.79 Å². The monoisotopic (exact) mass is 451 g/mol. The number of phenolic OH excluding ortho intramolecular Hbond substituents is 1. The number of phenols is 1. The first-order chi connectivity index (χ1) is 15.8. The lowest BCUT2D eigenvalue weighted by atomic mass is 9.52. The number of carbonyl (C=O) groups excluding carboxylic acids is 2. The van der Waals surface area contributed by atoms with Gasteiger partial charge in [0.25, 0.3) is 5.91 Å². The summed E-state index contributed by atoms with van der Waals surface area (Å²) in [5, 5.41) is 23.0. The van der Waals surface area contributed by atoms with Crippen LogP contribution in [0.3, 0.4) is 0 Å². The van der Waals surface area contributed by atoms with Gasteiger partial charge in [-0.05, 0) is 81.5 Å². The molecular formula is C26H33N3O4. The Morgan fingerprint density at radius 2 is 1.85 bits per heavy atom. The quantitative estimate of drug-likeness (QED) is 0.687. The summed E-state index contributed by atoms with van der Waals surface area (Å²) < 4.78 is 0. The minimum atomic E-state index is -0.950. The number of hydrogen-bond acceptors (Lipinski definition) is 5. The van der Waals surface area contributed by atoms with Crippen LogP contribution in [0.15, 0.2) is 18.2 Å². The van der Waals surface area contributed by atoms with E-state index in [1.54, 1.807) is 11.0 Å². The van der Waals surface area contributed by atoms with E-state index in [-0.39, 0.29) is 29.1 Å². The lowest BCUT2D eigenvalue weighted by Crippen LogP contribution is -2.76. The third-order valence-corrected chi connectivity index (χ3v) is 10.3. The second-order valence-corrected chi connectivity index (χ2v) is 11.6. The Morgan fingerprint density at radius 3 is 2.55 bits per heavy atom. The van der Waals surface area contributed by atoms with E-state index >= 15 is 0 Å². The highest BCUT2D eigenvalue weighted by Crippen LogP contribution is 2.75. The average Bonchev–Trinajstić information content (AvgIpc) is 3.47. The van der Waals surface area contributed by atoms with Gasteiger partial charge in [-0.15, -0.1) is 0 Å². The van der Waals surface area contributed by atoms with E-state index < -0.39 is 16.6 Å². The number of benzene rings is 1. The van der Waals surface area contributed by atoms with Crippen LogP contribution >= 0.6 is 0 Å². The third-order valence-electron chi connectivity index (χ3n) is 10.3. The van der Waals surface area contributed by atoms with Crippen molar-refractivity contribution in [2.75, 3.05) is 26.2 Å². The molecule has 0 aromatic heterocycles. The molecule has 7 heteroatoms. The van der Waals surface area contributed by atoms with Crippen molar-refractivity contribution < 1.29 is 19.8 Å². The normalized spacial score (nSPS) is 43.2. The van der Waals surface area contributed by atoms with Gasteiger partial charge in [-0.2, -0.15) is 0 Å². The smallest absolute Gasteiger partial charge is 0.327 e. The van der Waals surface area contributed by atoms with Crippen LogP contribution in [0.4, 0.5) is 4.79 Å². The van der Waals surface area contributed by atoms with Gasteiger partial charge in [-0.3, -0.25) is 14.6 Å². The number of likely N-dealkylation sites (tertiary alicyclic amines) is 1. The SMILES string of the molecule is CCN1C(=O)N(CC)[C@]2(CC[C@@]3(O)[C@@H]4N(CC5CC5)CC45C[C@@]3(C2)c2cc(O)ccc25)C1=O. The number of imide groups is 1. The predicted molar refractivity (Wildman–Crippen MR) is 121 cm³/mol. The Kier molecular flexibility index (Phi) is 3.64.